The maximum atomic E-state index is 6.01. The molecule has 0 aliphatic heterocycles. The average Bonchev–Trinajstić information content (AvgIpc) is 3.04. The SMILES string of the molecule is Clc1ccc(COc2c(Br)cc(-c3nn[nH]n3)cc2Br)cc1Cl. The van der Waals surface area contributed by atoms with E-state index in [1.165, 1.54) is 0 Å². The molecule has 118 valence electrons. The lowest BCUT2D eigenvalue weighted by molar-refractivity contribution is 0.302. The summed E-state index contributed by atoms with van der Waals surface area (Å²) in [6.07, 6.45) is 0. The van der Waals surface area contributed by atoms with Gasteiger partial charge in [0.05, 0.1) is 19.0 Å². The Labute approximate surface area is 158 Å². The summed E-state index contributed by atoms with van der Waals surface area (Å²) >= 11 is 18.9. The number of rotatable bonds is 4. The van der Waals surface area contributed by atoms with Crippen LogP contribution in [0, 0.1) is 0 Å². The van der Waals surface area contributed by atoms with Crippen molar-refractivity contribution in [2.45, 2.75) is 6.61 Å². The minimum absolute atomic E-state index is 0.357. The molecule has 3 rings (SSSR count). The second-order valence-corrected chi connectivity index (χ2v) is 7.06. The zero-order chi connectivity index (χ0) is 16.4. The van der Waals surface area contributed by atoms with Gasteiger partial charge in [-0.25, -0.2) is 0 Å². The van der Waals surface area contributed by atoms with Gasteiger partial charge < -0.3 is 4.74 Å². The third kappa shape index (κ3) is 3.85. The van der Waals surface area contributed by atoms with E-state index in [2.05, 4.69) is 52.5 Å². The summed E-state index contributed by atoms with van der Waals surface area (Å²) in [5.74, 6) is 1.17. The van der Waals surface area contributed by atoms with Crippen molar-refractivity contribution in [3.8, 4) is 17.1 Å². The Balaban J connectivity index is 1.81. The largest absolute Gasteiger partial charge is 0.487 e. The number of nitrogens with zero attached hydrogens (tertiary/aromatic N) is 3. The van der Waals surface area contributed by atoms with E-state index in [0.29, 0.717) is 28.2 Å². The third-order valence-corrected chi connectivity index (χ3v) is 4.89. The first-order valence-electron chi connectivity index (χ1n) is 6.34. The number of hydrogen-bond acceptors (Lipinski definition) is 4. The van der Waals surface area contributed by atoms with Gasteiger partial charge in [0.25, 0.3) is 0 Å². The highest BCUT2D eigenvalue weighted by Crippen LogP contribution is 2.37. The number of H-pyrrole nitrogens is 1. The molecule has 1 N–H and O–H groups in total. The molecule has 23 heavy (non-hydrogen) atoms. The highest BCUT2D eigenvalue weighted by atomic mass is 79.9. The van der Waals surface area contributed by atoms with Crippen LogP contribution in [-0.2, 0) is 6.61 Å². The smallest absolute Gasteiger partial charge is 0.204 e. The van der Waals surface area contributed by atoms with Crippen LogP contribution in [0.4, 0.5) is 0 Å². The Hall–Kier alpha value is -1.15. The Bertz CT molecular complexity index is 820. The first-order chi connectivity index (χ1) is 11.0. The number of hydrogen-bond donors (Lipinski definition) is 1. The van der Waals surface area contributed by atoms with E-state index in [9.17, 15) is 0 Å². The molecule has 1 heterocycles. The van der Waals surface area contributed by atoms with Crippen LogP contribution in [0.25, 0.3) is 11.4 Å². The van der Waals surface area contributed by atoms with Gasteiger partial charge in [0.2, 0.25) is 5.82 Å². The number of nitrogens with one attached hydrogen (secondary N) is 1. The fraction of sp³-hybridized carbons (Fsp3) is 0.0714. The first-order valence-corrected chi connectivity index (χ1v) is 8.68. The molecule has 0 aliphatic rings. The summed E-state index contributed by atoms with van der Waals surface area (Å²) in [6, 6.07) is 9.11. The molecule has 2 aromatic carbocycles. The number of benzene rings is 2. The number of ether oxygens (including phenoxy) is 1. The highest BCUT2D eigenvalue weighted by molar-refractivity contribution is 9.11. The van der Waals surface area contributed by atoms with Crippen LogP contribution >= 0.6 is 55.1 Å². The summed E-state index contributed by atoms with van der Waals surface area (Å²) in [6.45, 7) is 0.357. The van der Waals surface area contributed by atoms with Gasteiger partial charge in [-0.15, -0.1) is 10.2 Å². The van der Waals surface area contributed by atoms with Crippen molar-refractivity contribution >= 4 is 55.1 Å². The molecule has 0 unspecified atom stereocenters. The van der Waals surface area contributed by atoms with Crippen molar-refractivity contribution in [1.82, 2.24) is 20.6 Å². The monoisotopic (exact) mass is 476 g/mol. The molecule has 1 aromatic heterocycles. The van der Waals surface area contributed by atoms with Crippen molar-refractivity contribution < 1.29 is 4.74 Å². The van der Waals surface area contributed by atoms with Gasteiger partial charge in [-0.3, -0.25) is 0 Å². The number of halogens is 4. The van der Waals surface area contributed by atoms with Gasteiger partial charge in [0.1, 0.15) is 12.4 Å². The normalized spacial score (nSPS) is 10.8. The number of tetrazole rings is 1. The van der Waals surface area contributed by atoms with Crippen LogP contribution in [0.2, 0.25) is 10.0 Å². The van der Waals surface area contributed by atoms with Crippen molar-refractivity contribution in [3.63, 3.8) is 0 Å². The van der Waals surface area contributed by atoms with Crippen molar-refractivity contribution in [2.75, 3.05) is 0 Å². The summed E-state index contributed by atoms with van der Waals surface area (Å²) in [7, 11) is 0. The van der Waals surface area contributed by atoms with Crippen LogP contribution in [0.15, 0.2) is 39.3 Å². The lowest BCUT2D eigenvalue weighted by atomic mass is 10.2. The molecule has 0 saturated heterocycles. The van der Waals surface area contributed by atoms with Crippen LogP contribution < -0.4 is 4.74 Å². The average molecular weight is 479 g/mol. The summed E-state index contributed by atoms with van der Waals surface area (Å²) in [5.41, 5.74) is 1.72. The predicted octanol–water partition coefficient (Wildman–Crippen LogP) is 5.28. The van der Waals surface area contributed by atoms with E-state index in [-0.39, 0.29) is 0 Å². The molecule has 0 amide bonds. The van der Waals surface area contributed by atoms with Gasteiger partial charge in [-0.05, 0) is 66.9 Å². The molecule has 0 aliphatic carbocycles. The number of aromatic amines is 1. The first kappa shape index (κ1) is 16.7. The molecule has 0 fully saturated rings. The Morgan fingerprint density at radius 1 is 1.04 bits per heavy atom. The van der Waals surface area contributed by atoms with Gasteiger partial charge in [0, 0.05) is 5.56 Å². The minimum atomic E-state index is 0.357. The van der Waals surface area contributed by atoms with E-state index < -0.39 is 0 Å². The molecule has 0 saturated carbocycles. The zero-order valence-electron chi connectivity index (χ0n) is 11.4. The lowest BCUT2D eigenvalue weighted by Gasteiger charge is -2.12. The van der Waals surface area contributed by atoms with E-state index in [1.807, 2.05) is 18.2 Å². The molecule has 0 spiro atoms. The topological polar surface area (TPSA) is 63.7 Å². The third-order valence-electron chi connectivity index (χ3n) is 2.97. The second kappa shape index (κ2) is 7.17. The van der Waals surface area contributed by atoms with E-state index in [1.54, 1.807) is 12.1 Å². The standard InChI is InChI=1S/C14H8Br2Cl2N4O/c15-9-4-8(14-19-21-22-20-14)5-10(16)13(9)23-6-7-1-2-11(17)12(18)3-7/h1-5H,6H2,(H,19,20,21,22). The molecule has 5 nitrogen and oxygen atoms in total. The van der Waals surface area contributed by atoms with E-state index >= 15 is 0 Å². The highest BCUT2D eigenvalue weighted by Gasteiger charge is 2.13. The van der Waals surface area contributed by atoms with E-state index in [4.69, 9.17) is 27.9 Å². The molecule has 0 radical (unpaired) electrons. The summed E-state index contributed by atoms with van der Waals surface area (Å²) < 4.78 is 7.40. The van der Waals surface area contributed by atoms with Crippen LogP contribution in [0.3, 0.4) is 0 Å². The Morgan fingerprint density at radius 3 is 2.39 bits per heavy atom. The molecule has 0 atom stereocenters. The predicted molar refractivity (Wildman–Crippen MR) is 95.8 cm³/mol. The Kier molecular flexibility index (Phi) is 5.21. The van der Waals surface area contributed by atoms with Gasteiger partial charge in [-0.2, -0.15) is 5.21 Å². The second-order valence-electron chi connectivity index (χ2n) is 4.54. The van der Waals surface area contributed by atoms with Gasteiger partial charge >= 0.3 is 0 Å². The Morgan fingerprint density at radius 2 is 1.78 bits per heavy atom. The minimum Gasteiger partial charge on any atom is -0.487 e. The molecular formula is C14H8Br2Cl2N4O. The quantitative estimate of drug-likeness (QED) is 0.554. The summed E-state index contributed by atoms with van der Waals surface area (Å²) in [4.78, 5) is 0. The van der Waals surface area contributed by atoms with Crippen LogP contribution in [0.5, 0.6) is 5.75 Å². The maximum absolute atomic E-state index is 6.01. The van der Waals surface area contributed by atoms with Crippen LogP contribution in [0.1, 0.15) is 5.56 Å². The molecule has 9 heteroatoms. The van der Waals surface area contributed by atoms with Gasteiger partial charge in [-0.1, -0.05) is 29.3 Å². The number of aromatic nitrogens is 4. The lowest BCUT2D eigenvalue weighted by Crippen LogP contribution is -1.97. The summed E-state index contributed by atoms with van der Waals surface area (Å²) in [5, 5.41) is 14.9. The van der Waals surface area contributed by atoms with Crippen molar-refractivity contribution in [1.29, 1.82) is 0 Å². The fourth-order valence-corrected chi connectivity index (χ4v) is 3.63. The van der Waals surface area contributed by atoms with Crippen molar-refractivity contribution in [3.05, 3.63) is 54.9 Å². The van der Waals surface area contributed by atoms with Crippen LogP contribution in [-0.4, -0.2) is 20.6 Å². The maximum Gasteiger partial charge on any atom is 0.204 e. The zero-order valence-corrected chi connectivity index (χ0v) is 16.0. The fourth-order valence-electron chi connectivity index (χ4n) is 1.90. The van der Waals surface area contributed by atoms with E-state index in [0.717, 1.165) is 20.1 Å². The molecule has 0 bridgehead atoms. The van der Waals surface area contributed by atoms with Crippen molar-refractivity contribution in [2.24, 2.45) is 0 Å². The van der Waals surface area contributed by atoms with Gasteiger partial charge in [0.15, 0.2) is 0 Å². The molecule has 3 aromatic rings. The molecular weight excluding hydrogens is 471 g/mol.